The number of benzene rings is 1. The Kier molecular flexibility index (Phi) is 6.42. The van der Waals surface area contributed by atoms with Crippen molar-refractivity contribution in [2.24, 2.45) is 10.4 Å². The fourth-order valence-electron chi connectivity index (χ4n) is 3.52. The van der Waals surface area contributed by atoms with Crippen LogP contribution in [0, 0.1) is 15.5 Å². The van der Waals surface area contributed by atoms with Gasteiger partial charge in [-0.3, -0.25) is 10.1 Å². The van der Waals surface area contributed by atoms with Crippen molar-refractivity contribution < 1.29 is 4.92 Å². The Balaban J connectivity index is 0.00000208. The summed E-state index contributed by atoms with van der Waals surface area (Å²) in [5, 5.41) is 14.1. The summed E-state index contributed by atoms with van der Waals surface area (Å²) in [6.45, 7) is 5.66. The molecular formula is C17H25IN4O2. The molecule has 1 spiro atoms. The number of aliphatic imine (C=N–C) groups is 1. The van der Waals surface area contributed by atoms with Crippen LogP contribution in [-0.4, -0.2) is 35.4 Å². The smallest absolute Gasteiger partial charge is 0.269 e. The molecule has 3 rings (SSSR count). The van der Waals surface area contributed by atoms with Crippen LogP contribution in [0.4, 0.5) is 5.69 Å². The van der Waals surface area contributed by atoms with E-state index in [-0.39, 0.29) is 34.6 Å². The van der Waals surface area contributed by atoms with Crippen LogP contribution in [0.5, 0.6) is 0 Å². The molecule has 1 aromatic rings. The Bertz CT molecular complexity index is 599. The van der Waals surface area contributed by atoms with Gasteiger partial charge in [0.1, 0.15) is 0 Å². The Morgan fingerprint density at radius 3 is 2.54 bits per heavy atom. The lowest BCUT2D eigenvalue weighted by atomic mass is 9.68. The van der Waals surface area contributed by atoms with Gasteiger partial charge in [0.2, 0.25) is 0 Å². The molecule has 6 nitrogen and oxygen atoms in total. The normalized spacial score (nSPS) is 18.9. The summed E-state index contributed by atoms with van der Waals surface area (Å²) >= 11 is 0. The van der Waals surface area contributed by atoms with Crippen LogP contribution < -0.4 is 5.32 Å². The van der Waals surface area contributed by atoms with Gasteiger partial charge in [-0.1, -0.05) is 18.6 Å². The van der Waals surface area contributed by atoms with Crippen LogP contribution in [0.25, 0.3) is 0 Å². The standard InChI is InChI=1S/C17H24N4O2.HI/c1-2-18-16(20-11-10-17(13-20)8-3-9-17)19-12-14-4-6-15(7-5-14)21(22)23;/h4-7H,2-3,8-13H2,1H3,(H,18,19);1H. The lowest BCUT2D eigenvalue weighted by molar-refractivity contribution is -0.384. The third-order valence-corrected chi connectivity index (χ3v) is 5.05. The predicted molar refractivity (Wildman–Crippen MR) is 106 cm³/mol. The van der Waals surface area contributed by atoms with Crippen molar-refractivity contribution in [3.05, 3.63) is 39.9 Å². The fraction of sp³-hybridized carbons (Fsp3) is 0.588. The second-order valence-electron chi connectivity index (χ2n) is 6.62. The van der Waals surface area contributed by atoms with Crippen LogP contribution in [0.2, 0.25) is 0 Å². The van der Waals surface area contributed by atoms with Crippen LogP contribution in [0.1, 0.15) is 38.2 Å². The minimum absolute atomic E-state index is 0. The molecule has 1 aliphatic carbocycles. The van der Waals surface area contributed by atoms with Gasteiger partial charge in [-0.2, -0.15) is 0 Å². The summed E-state index contributed by atoms with van der Waals surface area (Å²) in [7, 11) is 0. The number of nitrogens with one attached hydrogen (secondary N) is 1. The summed E-state index contributed by atoms with van der Waals surface area (Å²) in [6, 6.07) is 6.64. The average Bonchev–Trinajstić information content (AvgIpc) is 2.97. The Morgan fingerprint density at radius 1 is 1.33 bits per heavy atom. The van der Waals surface area contributed by atoms with E-state index in [0.717, 1.165) is 31.2 Å². The highest BCUT2D eigenvalue weighted by Gasteiger charge is 2.43. The van der Waals surface area contributed by atoms with E-state index < -0.39 is 0 Å². The van der Waals surface area contributed by atoms with Crippen molar-refractivity contribution in [3.63, 3.8) is 0 Å². The molecule has 0 bridgehead atoms. The molecule has 1 saturated heterocycles. The summed E-state index contributed by atoms with van der Waals surface area (Å²) in [4.78, 5) is 17.4. The van der Waals surface area contributed by atoms with Crippen molar-refractivity contribution in [1.29, 1.82) is 0 Å². The number of hydrogen-bond donors (Lipinski definition) is 1. The molecular weight excluding hydrogens is 419 g/mol. The first kappa shape index (κ1) is 19.0. The van der Waals surface area contributed by atoms with E-state index in [0.29, 0.717) is 12.0 Å². The van der Waals surface area contributed by atoms with Gasteiger partial charge >= 0.3 is 0 Å². The number of nitro groups is 1. The lowest BCUT2D eigenvalue weighted by Crippen LogP contribution is -2.42. The predicted octanol–water partition coefficient (Wildman–Crippen LogP) is 3.55. The molecule has 0 aromatic heterocycles. The zero-order chi connectivity index (χ0) is 16.3. The van der Waals surface area contributed by atoms with E-state index in [1.165, 1.54) is 37.8 Å². The summed E-state index contributed by atoms with van der Waals surface area (Å²) in [5.74, 6) is 0.967. The molecule has 0 amide bonds. The molecule has 2 fully saturated rings. The molecule has 1 aliphatic heterocycles. The molecule has 1 N–H and O–H groups in total. The largest absolute Gasteiger partial charge is 0.357 e. The fourth-order valence-corrected chi connectivity index (χ4v) is 3.52. The maximum absolute atomic E-state index is 10.7. The number of nitrogens with zero attached hydrogens (tertiary/aromatic N) is 3. The van der Waals surface area contributed by atoms with Gasteiger partial charge in [-0.15, -0.1) is 24.0 Å². The molecule has 2 aliphatic rings. The monoisotopic (exact) mass is 444 g/mol. The van der Waals surface area contributed by atoms with Gasteiger partial charge in [0, 0.05) is 31.8 Å². The maximum Gasteiger partial charge on any atom is 0.269 e. The van der Waals surface area contributed by atoms with Crippen molar-refractivity contribution in [3.8, 4) is 0 Å². The molecule has 1 heterocycles. The first-order valence-corrected chi connectivity index (χ1v) is 8.38. The molecule has 7 heteroatoms. The van der Waals surface area contributed by atoms with Crippen LogP contribution in [0.15, 0.2) is 29.3 Å². The minimum Gasteiger partial charge on any atom is -0.357 e. The van der Waals surface area contributed by atoms with Crippen LogP contribution >= 0.6 is 24.0 Å². The van der Waals surface area contributed by atoms with E-state index in [9.17, 15) is 10.1 Å². The van der Waals surface area contributed by atoms with E-state index in [1.54, 1.807) is 12.1 Å². The Labute approximate surface area is 159 Å². The molecule has 1 aromatic carbocycles. The first-order chi connectivity index (χ1) is 11.1. The quantitative estimate of drug-likeness (QED) is 0.254. The minimum atomic E-state index is -0.376. The van der Waals surface area contributed by atoms with E-state index in [4.69, 9.17) is 4.99 Å². The summed E-state index contributed by atoms with van der Waals surface area (Å²) < 4.78 is 0. The topological polar surface area (TPSA) is 70.8 Å². The SMILES string of the molecule is CCNC(=NCc1ccc([N+](=O)[O-])cc1)N1CCC2(CCC2)C1.I. The second-order valence-corrected chi connectivity index (χ2v) is 6.62. The van der Waals surface area contributed by atoms with Crippen molar-refractivity contribution in [1.82, 2.24) is 10.2 Å². The first-order valence-electron chi connectivity index (χ1n) is 8.38. The number of rotatable bonds is 4. The van der Waals surface area contributed by atoms with Gasteiger partial charge < -0.3 is 10.2 Å². The van der Waals surface area contributed by atoms with E-state index >= 15 is 0 Å². The van der Waals surface area contributed by atoms with E-state index in [2.05, 4.69) is 17.1 Å². The highest BCUT2D eigenvalue weighted by molar-refractivity contribution is 14.0. The Morgan fingerprint density at radius 2 is 2.04 bits per heavy atom. The van der Waals surface area contributed by atoms with Crippen LogP contribution in [-0.2, 0) is 6.54 Å². The number of non-ortho nitro benzene ring substituents is 1. The lowest BCUT2D eigenvalue weighted by Gasteiger charge is -2.38. The summed E-state index contributed by atoms with van der Waals surface area (Å²) in [5.41, 5.74) is 1.66. The zero-order valence-electron chi connectivity index (χ0n) is 14.0. The average molecular weight is 444 g/mol. The third kappa shape index (κ3) is 4.17. The van der Waals surface area contributed by atoms with Crippen molar-refractivity contribution >= 4 is 35.6 Å². The molecule has 0 atom stereocenters. The van der Waals surface area contributed by atoms with Crippen molar-refractivity contribution in [2.45, 2.75) is 39.2 Å². The molecule has 24 heavy (non-hydrogen) atoms. The number of hydrogen-bond acceptors (Lipinski definition) is 3. The molecule has 0 unspecified atom stereocenters. The van der Waals surface area contributed by atoms with Crippen LogP contribution in [0.3, 0.4) is 0 Å². The highest BCUT2D eigenvalue weighted by atomic mass is 127. The van der Waals surface area contributed by atoms with Gasteiger partial charge in [0.25, 0.3) is 5.69 Å². The van der Waals surface area contributed by atoms with Crippen molar-refractivity contribution in [2.75, 3.05) is 19.6 Å². The summed E-state index contributed by atoms with van der Waals surface area (Å²) in [6.07, 6.45) is 5.34. The maximum atomic E-state index is 10.7. The molecule has 132 valence electrons. The van der Waals surface area contributed by atoms with Gasteiger partial charge in [0.05, 0.1) is 11.5 Å². The van der Waals surface area contributed by atoms with Gasteiger partial charge in [0.15, 0.2) is 5.96 Å². The Hall–Kier alpha value is -1.38. The highest BCUT2D eigenvalue weighted by Crippen LogP contribution is 2.47. The third-order valence-electron chi connectivity index (χ3n) is 5.05. The van der Waals surface area contributed by atoms with Gasteiger partial charge in [-0.05, 0) is 37.2 Å². The number of nitro benzene ring substituents is 1. The number of guanidine groups is 1. The number of likely N-dealkylation sites (tertiary alicyclic amines) is 1. The van der Waals surface area contributed by atoms with E-state index in [1.807, 2.05) is 0 Å². The molecule has 1 saturated carbocycles. The molecule has 0 radical (unpaired) electrons. The van der Waals surface area contributed by atoms with Gasteiger partial charge in [-0.25, -0.2) is 4.99 Å². The second kappa shape index (κ2) is 8.13. The zero-order valence-corrected chi connectivity index (χ0v) is 16.4. The number of halogens is 1.